The van der Waals surface area contributed by atoms with Gasteiger partial charge in [-0.15, -0.1) is 6.42 Å². The van der Waals surface area contributed by atoms with Crippen molar-refractivity contribution in [3.05, 3.63) is 84.5 Å². The maximum atomic E-state index is 13.8. The summed E-state index contributed by atoms with van der Waals surface area (Å²) in [7, 11) is -4.33. The van der Waals surface area contributed by atoms with Gasteiger partial charge < -0.3 is 4.74 Å². The Balaban J connectivity index is 2.78. The Kier molecular flexibility index (Phi) is 6.71. The number of benzene rings is 2. The van der Waals surface area contributed by atoms with Crippen molar-refractivity contribution < 1.29 is 18.9 Å². The molecule has 0 spiro atoms. The van der Waals surface area contributed by atoms with E-state index in [1.807, 2.05) is 0 Å². The Morgan fingerprint density at radius 2 is 1.61 bits per heavy atom. The minimum absolute atomic E-state index is 0.0693. The van der Waals surface area contributed by atoms with Crippen LogP contribution in [0.3, 0.4) is 0 Å². The van der Waals surface area contributed by atoms with E-state index in [1.165, 1.54) is 24.3 Å². The lowest BCUT2D eigenvalue weighted by molar-refractivity contribution is 0.107. The molecule has 0 N–H and O–H groups in total. The Morgan fingerprint density at radius 1 is 1.04 bits per heavy atom. The van der Waals surface area contributed by atoms with Gasteiger partial charge in [0.05, 0.1) is 0 Å². The van der Waals surface area contributed by atoms with Crippen molar-refractivity contribution in [2.24, 2.45) is 0 Å². The van der Waals surface area contributed by atoms with Gasteiger partial charge in [-0.05, 0) is 28.8 Å². The van der Waals surface area contributed by atoms with Crippen LogP contribution in [0.2, 0.25) is 0 Å². The maximum absolute atomic E-state index is 13.8. The second-order valence-electron chi connectivity index (χ2n) is 5.70. The number of terminal acetylenes is 1. The molecule has 1 unspecified atom stereocenters. The highest BCUT2D eigenvalue weighted by Gasteiger charge is 2.45. The highest BCUT2D eigenvalue weighted by molar-refractivity contribution is 8.00. The normalized spacial score (nSPS) is 12.1. The van der Waals surface area contributed by atoms with Gasteiger partial charge in [-0.2, -0.15) is 0 Å². The molecule has 0 aliphatic heterocycles. The molecule has 0 saturated carbocycles. The van der Waals surface area contributed by atoms with E-state index >= 15 is 0 Å². The average Bonchev–Trinajstić information content (AvgIpc) is 2.75. The van der Waals surface area contributed by atoms with Crippen molar-refractivity contribution in [2.75, 3.05) is 6.61 Å². The largest absolute Gasteiger partial charge is 0.447 e. The summed E-state index contributed by atoms with van der Waals surface area (Å²) in [4.78, 5) is 26.2. The van der Waals surface area contributed by atoms with Crippen LogP contribution in [0.25, 0.3) is 18.2 Å². The van der Waals surface area contributed by atoms with E-state index in [9.17, 15) is 14.2 Å². The molecule has 4 nitrogen and oxygen atoms in total. The fraction of sp³-hybridized carbons (Fsp3) is 0.0435. The molecular weight excluding hydrogens is 371 g/mol. The summed E-state index contributed by atoms with van der Waals surface area (Å²) >= 11 is 0. The topological polar surface area (TPSA) is 60.4 Å². The number of hydrogen-bond donors (Lipinski definition) is 0. The third-order valence-corrected chi connectivity index (χ3v) is 6.52. The van der Waals surface area contributed by atoms with Crippen LogP contribution in [-0.2, 0) is 9.30 Å². The zero-order valence-electron chi connectivity index (χ0n) is 15.3. The molecule has 5 heteroatoms. The van der Waals surface area contributed by atoms with Gasteiger partial charge in [0.2, 0.25) is 5.52 Å². The molecule has 140 valence electrons. The van der Waals surface area contributed by atoms with Gasteiger partial charge in [0.15, 0.2) is 6.61 Å². The first-order valence-electron chi connectivity index (χ1n) is 8.30. The van der Waals surface area contributed by atoms with Gasteiger partial charge in [0.1, 0.15) is 0 Å². The maximum Gasteiger partial charge on any atom is 0.377 e. The van der Waals surface area contributed by atoms with E-state index < -0.39 is 18.4 Å². The van der Waals surface area contributed by atoms with Crippen molar-refractivity contribution in [1.29, 1.82) is 0 Å². The van der Waals surface area contributed by atoms with Crippen LogP contribution < -0.4 is 5.30 Å². The van der Waals surface area contributed by atoms with E-state index in [1.54, 1.807) is 36.4 Å². The number of ether oxygens (including phenoxy) is 1. The predicted molar refractivity (Wildman–Crippen MR) is 115 cm³/mol. The molecule has 0 aliphatic rings. The molecule has 2 aromatic carbocycles. The Hall–Kier alpha value is -3.41. The van der Waals surface area contributed by atoms with Gasteiger partial charge >= 0.3 is 5.71 Å². The molecule has 0 aliphatic carbocycles. The highest BCUT2D eigenvalue weighted by atomic mass is 31.2. The zero-order valence-corrected chi connectivity index (χ0v) is 16.2. The van der Waals surface area contributed by atoms with Crippen LogP contribution >= 0.6 is 7.14 Å². The summed E-state index contributed by atoms with van der Waals surface area (Å²) in [6, 6.07) is 11.1. The molecule has 28 heavy (non-hydrogen) atoms. The molecule has 0 saturated heterocycles. The molecular formula is C23H19O4P. The Labute approximate surface area is 164 Å². The van der Waals surface area contributed by atoms with Gasteiger partial charge in [-0.3, -0.25) is 9.36 Å². The molecule has 0 heterocycles. The minimum Gasteiger partial charge on any atom is -0.447 e. The third-order valence-electron chi connectivity index (χ3n) is 4.05. The van der Waals surface area contributed by atoms with Crippen LogP contribution in [0.15, 0.2) is 62.2 Å². The fourth-order valence-electron chi connectivity index (χ4n) is 2.69. The van der Waals surface area contributed by atoms with Crippen LogP contribution in [0.1, 0.15) is 27.0 Å². The van der Waals surface area contributed by atoms with Gasteiger partial charge in [0, 0.05) is 10.9 Å². The molecule has 0 radical (unpaired) electrons. The number of carbonyl (C=O) groups excluding carboxylic acids is 2. The quantitative estimate of drug-likeness (QED) is 0.458. The SMILES string of the molecule is C#CCOC(=O)P(=O)(C(=O)c1c(C=C)cc(C=C)cc1C=C)c1ccccc1. The summed E-state index contributed by atoms with van der Waals surface area (Å²) in [5.74, 6) is 2.14. The van der Waals surface area contributed by atoms with Crippen LogP contribution in [0.5, 0.6) is 0 Å². The first-order valence-corrected chi connectivity index (χ1v) is 10.0. The van der Waals surface area contributed by atoms with Gasteiger partial charge in [-0.25, -0.2) is 4.79 Å². The van der Waals surface area contributed by atoms with Crippen LogP contribution in [0, 0.1) is 12.3 Å². The molecule has 0 bridgehead atoms. The number of hydrogen-bond acceptors (Lipinski definition) is 4. The summed E-state index contributed by atoms with van der Waals surface area (Å²) in [5, 5.41) is 0.0693. The average molecular weight is 390 g/mol. The fourth-order valence-corrected chi connectivity index (χ4v) is 4.72. The van der Waals surface area contributed by atoms with E-state index in [2.05, 4.69) is 25.7 Å². The molecule has 0 fully saturated rings. The van der Waals surface area contributed by atoms with E-state index in [0.29, 0.717) is 11.1 Å². The monoisotopic (exact) mass is 390 g/mol. The summed E-state index contributed by atoms with van der Waals surface area (Å²) in [6.07, 6.45) is 9.64. The first kappa shape index (κ1) is 20.9. The minimum atomic E-state index is -4.33. The second-order valence-corrected chi connectivity index (χ2v) is 8.20. The third kappa shape index (κ3) is 3.81. The summed E-state index contributed by atoms with van der Waals surface area (Å²) in [5.41, 5.74) is -0.372. The lowest BCUT2D eigenvalue weighted by Crippen LogP contribution is -2.22. The van der Waals surface area contributed by atoms with Crippen LogP contribution in [-0.4, -0.2) is 17.8 Å². The van der Waals surface area contributed by atoms with Crippen LogP contribution in [0.4, 0.5) is 4.79 Å². The smallest absolute Gasteiger partial charge is 0.377 e. The van der Waals surface area contributed by atoms with Crippen molar-refractivity contribution >= 4 is 41.9 Å². The van der Waals surface area contributed by atoms with E-state index in [0.717, 1.165) is 5.56 Å². The number of rotatable bonds is 8. The van der Waals surface area contributed by atoms with E-state index in [-0.39, 0.29) is 17.5 Å². The standard InChI is InChI=1S/C23H19O4P/c1-5-14-27-23(25)28(26,20-12-10-9-11-13-20)22(24)21-18(7-3)15-17(6-2)16-19(21)8-4/h1,6-13,15-16H,2-4,14H2. The predicted octanol–water partition coefficient (Wildman–Crippen LogP) is 5.21. The molecule has 2 aromatic rings. The molecule has 1 atom stereocenters. The van der Waals surface area contributed by atoms with Crippen molar-refractivity contribution in [3.8, 4) is 12.3 Å². The Bertz CT molecular complexity index is 1010. The lowest BCUT2D eigenvalue weighted by Gasteiger charge is -2.18. The van der Waals surface area contributed by atoms with Crippen molar-refractivity contribution in [1.82, 2.24) is 0 Å². The first-order chi connectivity index (χ1) is 13.4. The summed E-state index contributed by atoms with van der Waals surface area (Å²) < 4.78 is 18.7. The van der Waals surface area contributed by atoms with Gasteiger partial charge in [-0.1, -0.05) is 74.2 Å². The lowest BCUT2D eigenvalue weighted by atomic mass is 9.98. The van der Waals surface area contributed by atoms with E-state index in [4.69, 9.17) is 11.2 Å². The zero-order chi connectivity index (χ0) is 20.7. The molecule has 2 rings (SSSR count). The molecule has 0 amide bonds. The van der Waals surface area contributed by atoms with Crippen molar-refractivity contribution in [3.63, 3.8) is 0 Å². The summed E-state index contributed by atoms with van der Waals surface area (Å²) in [6.45, 7) is 10.8. The van der Waals surface area contributed by atoms with Crippen molar-refractivity contribution in [2.45, 2.75) is 0 Å². The second kappa shape index (κ2) is 8.99. The van der Waals surface area contributed by atoms with Gasteiger partial charge in [0.25, 0.3) is 7.14 Å². The Morgan fingerprint density at radius 3 is 2.07 bits per heavy atom. The number of carbonyl (C=O) groups is 2. The highest BCUT2D eigenvalue weighted by Crippen LogP contribution is 2.51. The molecule has 0 aromatic heterocycles.